The first-order chi connectivity index (χ1) is 9.97. The topological polar surface area (TPSA) is 91.4 Å². The first-order valence-electron chi connectivity index (χ1n) is 6.30. The zero-order valence-corrected chi connectivity index (χ0v) is 12.4. The smallest absolute Gasteiger partial charge is 0.260 e. The van der Waals surface area contributed by atoms with Crippen LogP contribution in [-0.2, 0) is 7.05 Å². The normalized spacial score (nSPS) is 10.3. The third-order valence-electron chi connectivity index (χ3n) is 3.15. The fraction of sp³-hybridized carbons (Fsp3) is 0.286. The highest BCUT2D eigenvalue weighted by atomic mass is 16.5. The predicted octanol–water partition coefficient (Wildman–Crippen LogP) is 1.58. The monoisotopic (exact) mass is 290 g/mol. The summed E-state index contributed by atoms with van der Waals surface area (Å²) in [6.07, 6.45) is 0. The number of nitrogens with one attached hydrogen (secondary N) is 1. The number of carbonyl (C=O) groups excluding carboxylic acids is 1. The van der Waals surface area contributed by atoms with Gasteiger partial charge in [0.2, 0.25) is 0 Å². The van der Waals surface area contributed by atoms with Crippen molar-refractivity contribution >= 4 is 17.4 Å². The van der Waals surface area contributed by atoms with Gasteiger partial charge in [0.1, 0.15) is 11.5 Å². The molecule has 7 heteroatoms. The minimum Gasteiger partial charge on any atom is -0.497 e. The molecule has 3 N–H and O–H groups in total. The number of aryl methyl sites for hydroxylation is 2. The third-order valence-corrected chi connectivity index (χ3v) is 3.15. The zero-order chi connectivity index (χ0) is 15.6. The van der Waals surface area contributed by atoms with Gasteiger partial charge in [-0.15, -0.1) is 0 Å². The van der Waals surface area contributed by atoms with E-state index in [1.54, 1.807) is 39.3 Å². The molecule has 0 aliphatic heterocycles. The van der Waals surface area contributed by atoms with Crippen molar-refractivity contribution < 1.29 is 14.3 Å². The van der Waals surface area contributed by atoms with E-state index in [1.165, 1.54) is 11.8 Å². The summed E-state index contributed by atoms with van der Waals surface area (Å²) in [4.78, 5) is 12.4. The number of hydrogen-bond donors (Lipinski definition) is 2. The zero-order valence-electron chi connectivity index (χ0n) is 12.4. The van der Waals surface area contributed by atoms with E-state index in [0.717, 1.165) is 0 Å². The van der Waals surface area contributed by atoms with E-state index in [9.17, 15) is 4.79 Å². The molecule has 0 bridgehead atoms. The minimum atomic E-state index is -0.329. The number of rotatable bonds is 4. The molecule has 0 aliphatic rings. The Morgan fingerprint density at radius 2 is 2.05 bits per heavy atom. The van der Waals surface area contributed by atoms with Gasteiger partial charge in [-0.05, 0) is 19.1 Å². The SMILES string of the molecule is COc1ccc(C(=O)Nc2c(N)c(C)nn2C)c(OC)c1. The van der Waals surface area contributed by atoms with Crippen LogP contribution in [0.15, 0.2) is 18.2 Å². The number of anilines is 2. The molecule has 0 radical (unpaired) electrons. The van der Waals surface area contributed by atoms with Gasteiger partial charge in [-0.25, -0.2) is 0 Å². The Kier molecular flexibility index (Phi) is 4.02. The Hall–Kier alpha value is -2.70. The van der Waals surface area contributed by atoms with Gasteiger partial charge in [-0.1, -0.05) is 0 Å². The van der Waals surface area contributed by atoms with E-state index in [2.05, 4.69) is 10.4 Å². The molecule has 2 rings (SSSR count). The van der Waals surface area contributed by atoms with Crippen molar-refractivity contribution in [2.75, 3.05) is 25.3 Å². The van der Waals surface area contributed by atoms with Crippen molar-refractivity contribution in [1.82, 2.24) is 9.78 Å². The molecule has 1 aromatic carbocycles. The lowest BCUT2D eigenvalue weighted by molar-refractivity contribution is 0.102. The molecule has 0 saturated heterocycles. The molecule has 2 aromatic rings. The van der Waals surface area contributed by atoms with Gasteiger partial charge < -0.3 is 20.5 Å². The highest BCUT2D eigenvalue weighted by Crippen LogP contribution is 2.27. The summed E-state index contributed by atoms with van der Waals surface area (Å²) in [5, 5.41) is 6.90. The van der Waals surface area contributed by atoms with Crippen molar-refractivity contribution in [1.29, 1.82) is 0 Å². The first-order valence-corrected chi connectivity index (χ1v) is 6.30. The van der Waals surface area contributed by atoms with E-state index in [0.29, 0.717) is 34.3 Å². The Morgan fingerprint density at radius 1 is 1.33 bits per heavy atom. The molecule has 21 heavy (non-hydrogen) atoms. The third kappa shape index (κ3) is 2.76. The molecular formula is C14H18N4O3. The number of ether oxygens (including phenoxy) is 2. The number of benzene rings is 1. The van der Waals surface area contributed by atoms with Crippen LogP contribution in [0.2, 0.25) is 0 Å². The van der Waals surface area contributed by atoms with Crippen LogP contribution in [0.5, 0.6) is 11.5 Å². The standard InChI is InChI=1S/C14H18N4O3/c1-8-12(15)13(18(2)17-8)16-14(19)10-6-5-9(20-3)7-11(10)21-4/h5-7H,15H2,1-4H3,(H,16,19). The van der Waals surface area contributed by atoms with Crippen LogP contribution in [0, 0.1) is 6.92 Å². The van der Waals surface area contributed by atoms with Gasteiger partial charge in [0.15, 0.2) is 5.82 Å². The molecule has 0 spiro atoms. The average Bonchev–Trinajstić information content (AvgIpc) is 2.72. The molecule has 7 nitrogen and oxygen atoms in total. The second-order valence-electron chi connectivity index (χ2n) is 4.49. The van der Waals surface area contributed by atoms with Crippen LogP contribution in [0.4, 0.5) is 11.5 Å². The Labute approximate surface area is 122 Å². The quantitative estimate of drug-likeness (QED) is 0.892. The van der Waals surface area contributed by atoms with Crippen LogP contribution in [0.3, 0.4) is 0 Å². The van der Waals surface area contributed by atoms with Gasteiger partial charge in [0.05, 0.1) is 31.2 Å². The van der Waals surface area contributed by atoms with Crippen LogP contribution in [0.25, 0.3) is 0 Å². The van der Waals surface area contributed by atoms with E-state index >= 15 is 0 Å². The lowest BCUT2D eigenvalue weighted by Gasteiger charge is -2.11. The van der Waals surface area contributed by atoms with Gasteiger partial charge in [0, 0.05) is 13.1 Å². The van der Waals surface area contributed by atoms with Crippen molar-refractivity contribution in [3.8, 4) is 11.5 Å². The number of carbonyl (C=O) groups is 1. The van der Waals surface area contributed by atoms with Gasteiger partial charge in [-0.3, -0.25) is 9.48 Å². The van der Waals surface area contributed by atoms with Crippen molar-refractivity contribution in [2.24, 2.45) is 7.05 Å². The van der Waals surface area contributed by atoms with Crippen LogP contribution in [0.1, 0.15) is 16.1 Å². The molecule has 1 aromatic heterocycles. The summed E-state index contributed by atoms with van der Waals surface area (Å²) in [5.74, 6) is 1.16. The molecule has 1 heterocycles. The minimum absolute atomic E-state index is 0.329. The molecule has 0 atom stereocenters. The Balaban J connectivity index is 2.32. The number of nitrogen functional groups attached to an aromatic ring is 1. The Bertz CT molecular complexity index is 679. The average molecular weight is 290 g/mol. The number of nitrogens with two attached hydrogens (primary N) is 1. The molecule has 1 amide bonds. The van der Waals surface area contributed by atoms with Gasteiger partial charge in [0.25, 0.3) is 5.91 Å². The number of nitrogens with zero attached hydrogens (tertiary/aromatic N) is 2. The van der Waals surface area contributed by atoms with Gasteiger partial charge in [-0.2, -0.15) is 5.10 Å². The van der Waals surface area contributed by atoms with Crippen LogP contribution >= 0.6 is 0 Å². The first kappa shape index (κ1) is 14.7. The summed E-state index contributed by atoms with van der Waals surface area (Å²) < 4.78 is 11.8. The number of amides is 1. The summed E-state index contributed by atoms with van der Waals surface area (Å²) >= 11 is 0. The van der Waals surface area contributed by atoms with Crippen molar-refractivity contribution in [3.05, 3.63) is 29.5 Å². The van der Waals surface area contributed by atoms with Crippen LogP contribution in [-0.4, -0.2) is 29.9 Å². The van der Waals surface area contributed by atoms with E-state index in [1.807, 2.05) is 0 Å². The highest BCUT2D eigenvalue weighted by Gasteiger charge is 2.17. The summed E-state index contributed by atoms with van der Waals surface area (Å²) in [5.41, 5.74) is 7.39. The van der Waals surface area contributed by atoms with Crippen molar-refractivity contribution in [3.63, 3.8) is 0 Å². The second kappa shape index (κ2) is 5.74. The number of aromatic nitrogens is 2. The summed E-state index contributed by atoms with van der Waals surface area (Å²) in [6, 6.07) is 4.97. The van der Waals surface area contributed by atoms with E-state index in [-0.39, 0.29) is 5.91 Å². The van der Waals surface area contributed by atoms with Gasteiger partial charge >= 0.3 is 0 Å². The highest BCUT2D eigenvalue weighted by molar-refractivity contribution is 6.07. The molecule has 0 aliphatic carbocycles. The predicted molar refractivity (Wildman–Crippen MR) is 79.9 cm³/mol. The van der Waals surface area contributed by atoms with Crippen LogP contribution < -0.4 is 20.5 Å². The van der Waals surface area contributed by atoms with E-state index < -0.39 is 0 Å². The maximum Gasteiger partial charge on any atom is 0.260 e. The fourth-order valence-electron chi connectivity index (χ4n) is 1.98. The molecule has 0 saturated carbocycles. The summed E-state index contributed by atoms with van der Waals surface area (Å²) in [6.45, 7) is 1.78. The number of hydrogen-bond acceptors (Lipinski definition) is 5. The molecule has 0 unspecified atom stereocenters. The van der Waals surface area contributed by atoms with Crippen molar-refractivity contribution in [2.45, 2.75) is 6.92 Å². The Morgan fingerprint density at radius 3 is 2.57 bits per heavy atom. The fourth-order valence-corrected chi connectivity index (χ4v) is 1.98. The van der Waals surface area contributed by atoms with E-state index in [4.69, 9.17) is 15.2 Å². The lowest BCUT2D eigenvalue weighted by atomic mass is 10.1. The number of methoxy groups -OCH3 is 2. The molecule has 112 valence electrons. The largest absolute Gasteiger partial charge is 0.497 e. The lowest BCUT2D eigenvalue weighted by Crippen LogP contribution is -2.16. The molecular weight excluding hydrogens is 272 g/mol. The maximum absolute atomic E-state index is 12.4. The molecule has 0 fully saturated rings. The maximum atomic E-state index is 12.4. The second-order valence-corrected chi connectivity index (χ2v) is 4.49. The summed E-state index contributed by atoms with van der Waals surface area (Å²) in [7, 11) is 4.76.